The van der Waals surface area contributed by atoms with E-state index in [4.69, 9.17) is 21.7 Å². The molecular weight excluding hydrogens is 502 g/mol. The third-order valence-electron chi connectivity index (χ3n) is 6.38. The molecule has 0 fully saturated rings. The van der Waals surface area contributed by atoms with Crippen LogP contribution in [0.3, 0.4) is 0 Å². The standard InChI is InChI=1S/C29H28ClN5OS/c1-17-5-10-22(11-6-17)26-25(27(36)32-24-14-7-18(2)15-19(24)3)20(4)31-28-33-29(34-35(26)28)37-16-21-8-12-23(30)13-9-21/h5-15,26H,16H2,1-4H3,(H,32,36)(H,31,33,34)/t26-/m1/s1. The van der Waals surface area contributed by atoms with Gasteiger partial charge in [-0.05, 0) is 62.6 Å². The number of rotatable bonds is 6. The van der Waals surface area contributed by atoms with Gasteiger partial charge in [-0.3, -0.25) is 4.79 Å². The monoisotopic (exact) mass is 529 g/mol. The fraction of sp³-hybridized carbons (Fsp3) is 0.207. The van der Waals surface area contributed by atoms with Crippen LogP contribution >= 0.6 is 23.4 Å². The van der Waals surface area contributed by atoms with Crippen molar-refractivity contribution in [2.45, 2.75) is 44.6 Å². The lowest BCUT2D eigenvalue weighted by atomic mass is 9.94. The molecule has 0 spiro atoms. The van der Waals surface area contributed by atoms with Gasteiger partial charge in [0.2, 0.25) is 11.1 Å². The summed E-state index contributed by atoms with van der Waals surface area (Å²) in [7, 11) is 0. The Labute approximate surface area is 226 Å². The van der Waals surface area contributed by atoms with E-state index in [1.165, 1.54) is 0 Å². The van der Waals surface area contributed by atoms with Crippen molar-refractivity contribution in [3.8, 4) is 0 Å². The van der Waals surface area contributed by atoms with Crippen LogP contribution in [0.25, 0.3) is 0 Å². The highest BCUT2D eigenvalue weighted by Gasteiger charge is 2.34. The molecule has 1 aromatic heterocycles. The Balaban J connectivity index is 1.48. The second-order valence-corrected chi connectivity index (χ2v) is 10.7. The molecule has 2 heterocycles. The average Bonchev–Trinajstić information content (AvgIpc) is 3.27. The predicted octanol–water partition coefficient (Wildman–Crippen LogP) is 7.08. The molecule has 5 rings (SSSR count). The van der Waals surface area contributed by atoms with Crippen LogP contribution in [0.1, 0.15) is 40.8 Å². The van der Waals surface area contributed by atoms with Crippen LogP contribution in [0.4, 0.5) is 11.6 Å². The van der Waals surface area contributed by atoms with Gasteiger partial charge in [0, 0.05) is 22.2 Å². The van der Waals surface area contributed by atoms with E-state index in [0.29, 0.717) is 27.5 Å². The second kappa shape index (κ2) is 10.4. The van der Waals surface area contributed by atoms with Crippen LogP contribution in [0.15, 0.2) is 83.2 Å². The summed E-state index contributed by atoms with van der Waals surface area (Å²) in [4.78, 5) is 18.5. The third kappa shape index (κ3) is 5.43. The Morgan fingerprint density at radius 2 is 1.70 bits per heavy atom. The number of hydrogen-bond acceptors (Lipinski definition) is 5. The maximum atomic E-state index is 13.7. The van der Waals surface area contributed by atoms with Crippen molar-refractivity contribution in [2.24, 2.45) is 0 Å². The Hall–Kier alpha value is -3.55. The number of allylic oxidation sites excluding steroid dienone is 1. The molecule has 0 saturated carbocycles. The first-order valence-electron chi connectivity index (χ1n) is 12.1. The minimum Gasteiger partial charge on any atom is -0.328 e. The highest BCUT2D eigenvalue weighted by Crippen LogP contribution is 2.37. The van der Waals surface area contributed by atoms with Crippen molar-refractivity contribution in [2.75, 3.05) is 10.6 Å². The quantitative estimate of drug-likeness (QED) is 0.261. The summed E-state index contributed by atoms with van der Waals surface area (Å²) in [5.41, 5.74) is 7.58. The summed E-state index contributed by atoms with van der Waals surface area (Å²) in [5, 5.41) is 12.6. The molecule has 188 valence electrons. The highest BCUT2D eigenvalue weighted by atomic mass is 35.5. The number of aryl methyl sites for hydroxylation is 3. The number of carbonyl (C=O) groups is 1. The molecule has 1 aliphatic rings. The molecule has 1 amide bonds. The number of anilines is 2. The molecular formula is C29H28ClN5OS. The molecule has 6 nitrogen and oxygen atoms in total. The summed E-state index contributed by atoms with van der Waals surface area (Å²) in [6, 6.07) is 21.6. The van der Waals surface area contributed by atoms with Crippen molar-refractivity contribution in [3.63, 3.8) is 0 Å². The van der Waals surface area contributed by atoms with Gasteiger partial charge >= 0.3 is 0 Å². The lowest BCUT2D eigenvalue weighted by Gasteiger charge is -2.29. The molecule has 1 aliphatic heterocycles. The maximum Gasteiger partial charge on any atom is 0.255 e. The summed E-state index contributed by atoms with van der Waals surface area (Å²) in [6.07, 6.45) is 0. The molecule has 1 atom stereocenters. The van der Waals surface area contributed by atoms with Gasteiger partial charge in [-0.1, -0.05) is 83.0 Å². The van der Waals surface area contributed by atoms with Crippen molar-refractivity contribution >= 4 is 40.9 Å². The van der Waals surface area contributed by atoms with Gasteiger partial charge in [0.1, 0.15) is 6.04 Å². The first-order valence-corrected chi connectivity index (χ1v) is 13.4. The number of aromatic nitrogens is 3. The van der Waals surface area contributed by atoms with Crippen molar-refractivity contribution in [1.82, 2.24) is 14.8 Å². The van der Waals surface area contributed by atoms with Crippen LogP contribution in [0, 0.1) is 20.8 Å². The van der Waals surface area contributed by atoms with Crippen LogP contribution in [-0.4, -0.2) is 20.7 Å². The van der Waals surface area contributed by atoms with E-state index < -0.39 is 6.04 Å². The first-order chi connectivity index (χ1) is 17.8. The zero-order valence-corrected chi connectivity index (χ0v) is 22.7. The number of nitrogens with one attached hydrogen (secondary N) is 2. The van der Waals surface area contributed by atoms with Gasteiger partial charge in [0.15, 0.2) is 0 Å². The highest BCUT2D eigenvalue weighted by molar-refractivity contribution is 7.98. The number of nitrogens with zero attached hydrogens (tertiary/aromatic N) is 3. The zero-order valence-electron chi connectivity index (χ0n) is 21.2. The van der Waals surface area contributed by atoms with Crippen molar-refractivity contribution < 1.29 is 4.79 Å². The van der Waals surface area contributed by atoms with E-state index in [1.54, 1.807) is 11.8 Å². The van der Waals surface area contributed by atoms with Gasteiger partial charge in [-0.2, -0.15) is 4.98 Å². The molecule has 3 aromatic carbocycles. The van der Waals surface area contributed by atoms with Crippen LogP contribution < -0.4 is 10.6 Å². The first kappa shape index (κ1) is 25.1. The molecule has 0 aliphatic carbocycles. The number of amides is 1. The minimum absolute atomic E-state index is 0.168. The number of thioether (sulfide) groups is 1. The molecule has 37 heavy (non-hydrogen) atoms. The lowest BCUT2D eigenvalue weighted by molar-refractivity contribution is -0.113. The van der Waals surface area contributed by atoms with Gasteiger partial charge in [0.05, 0.1) is 5.57 Å². The number of carbonyl (C=O) groups excluding carboxylic acids is 1. The average molecular weight is 530 g/mol. The largest absolute Gasteiger partial charge is 0.328 e. The molecule has 0 saturated heterocycles. The molecule has 4 aromatic rings. The van der Waals surface area contributed by atoms with E-state index in [-0.39, 0.29) is 5.91 Å². The van der Waals surface area contributed by atoms with Crippen LogP contribution in [-0.2, 0) is 10.5 Å². The smallest absolute Gasteiger partial charge is 0.255 e. The van der Waals surface area contributed by atoms with E-state index in [9.17, 15) is 4.79 Å². The normalized spacial score (nSPS) is 14.8. The summed E-state index contributed by atoms with van der Waals surface area (Å²) < 4.78 is 1.82. The fourth-order valence-electron chi connectivity index (χ4n) is 4.42. The Kier molecular flexibility index (Phi) is 7.09. The Morgan fingerprint density at radius 3 is 2.41 bits per heavy atom. The van der Waals surface area contributed by atoms with Gasteiger partial charge in [-0.15, -0.1) is 5.10 Å². The summed E-state index contributed by atoms with van der Waals surface area (Å²) in [6.45, 7) is 8.00. The van der Waals surface area contributed by atoms with E-state index in [1.807, 2.05) is 68.8 Å². The number of benzene rings is 3. The maximum absolute atomic E-state index is 13.7. The predicted molar refractivity (Wildman–Crippen MR) is 151 cm³/mol. The molecule has 0 unspecified atom stereocenters. The summed E-state index contributed by atoms with van der Waals surface area (Å²) >= 11 is 7.56. The van der Waals surface area contributed by atoms with E-state index in [0.717, 1.165) is 39.2 Å². The topological polar surface area (TPSA) is 71.8 Å². The molecule has 0 radical (unpaired) electrons. The SMILES string of the molecule is CC1=C(C(=O)Nc2ccc(C)cc2C)[C@@H](c2ccc(C)cc2)n2nc(SCc3ccc(Cl)cc3)nc2N1. The zero-order chi connectivity index (χ0) is 26.1. The van der Waals surface area contributed by atoms with Gasteiger partial charge in [0.25, 0.3) is 5.91 Å². The second-order valence-electron chi connectivity index (χ2n) is 9.33. The number of hydrogen-bond donors (Lipinski definition) is 2. The third-order valence-corrected chi connectivity index (χ3v) is 7.54. The Bertz CT molecular complexity index is 1490. The van der Waals surface area contributed by atoms with Gasteiger partial charge < -0.3 is 10.6 Å². The van der Waals surface area contributed by atoms with Crippen LogP contribution in [0.2, 0.25) is 5.02 Å². The molecule has 2 N–H and O–H groups in total. The van der Waals surface area contributed by atoms with Crippen molar-refractivity contribution in [3.05, 3.63) is 111 Å². The van der Waals surface area contributed by atoms with Crippen molar-refractivity contribution in [1.29, 1.82) is 0 Å². The Morgan fingerprint density at radius 1 is 1.00 bits per heavy atom. The van der Waals surface area contributed by atoms with Gasteiger partial charge in [-0.25, -0.2) is 4.68 Å². The molecule has 0 bridgehead atoms. The molecule has 8 heteroatoms. The minimum atomic E-state index is -0.417. The summed E-state index contributed by atoms with van der Waals surface area (Å²) in [5.74, 6) is 1.16. The van der Waals surface area contributed by atoms with E-state index in [2.05, 4.69) is 41.0 Å². The van der Waals surface area contributed by atoms with Crippen LogP contribution in [0.5, 0.6) is 0 Å². The lowest BCUT2D eigenvalue weighted by Crippen LogP contribution is -2.31. The fourth-order valence-corrected chi connectivity index (χ4v) is 5.33. The number of halogens is 1. The van der Waals surface area contributed by atoms with E-state index >= 15 is 0 Å². The number of fused-ring (bicyclic) bond motifs is 1.